The van der Waals surface area contributed by atoms with Gasteiger partial charge < -0.3 is 35.7 Å². The monoisotopic (exact) mass is 711 g/mol. The first-order valence-corrected chi connectivity index (χ1v) is 16.0. The molecule has 1 aliphatic heterocycles. The summed E-state index contributed by atoms with van der Waals surface area (Å²) in [5.74, 6) is -1.93. The highest BCUT2D eigenvalue weighted by molar-refractivity contribution is 6.00. The number of hydrogen-bond donors (Lipinski definition) is 4. The lowest BCUT2D eigenvalue weighted by Gasteiger charge is -2.31. The van der Waals surface area contributed by atoms with Crippen molar-refractivity contribution in [2.24, 2.45) is 5.73 Å². The Morgan fingerprint density at radius 1 is 1.10 bits per heavy atom. The Bertz CT molecular complexity index is 1990. The molecule has 0 bridgehead atoms. The van der Waals surface area contributed by atoms with Gasteiger partial charge in [0.05, 0.1) is 24.9 Å². The molecule has 12 nitrogen and oxygen atoms in total. The molecule has 2 aromatic carbocycles. The number of carbonyl (C=O) groups is 3. The highest BCUT2D eigenvalue weighted by atomic mass is 19.4. The van der Waals surface area contributed by atoms with Crippen LogP contribution >= 0.6 is 0 Å². The number of nitrogens with zero attached hydrogens (tertiary/aromatic N) is 2. The van der Waals surface area contributed by atoms with Gasteiger partial charge >= 0.3 is 12.3 Å². The largest absolute Gasteiger partial charge is 0.489 e. The molecule has 0 saturated heterocycles. The van der Waals surface area contributed by atoms with Crippen molar-refractivity contribution in [3.63, 3.8) is 0 Å². The van der Waals surface area contributed by atoms with Crippen LogP contribution in [0.5, 0.6) is 11.5 Å². The number of fused-ring (bicyclic) bond motifs is 2. The molecule has 51 heavy (non-hydrogen) atoms. The summed E-state index contributed by atoms with van der Waals surface area (Å²) in [4.78, 5) is 46.2. The van der Waals surface area contributed by atoms with Gasteiger partial charge in [-0.1, -0.05) is 6.07 Å². The number of halogens is 4. The smallest absolute Gasteiger partial charge is 0.424 e. The number of nitrogens with one attached hydrogen (secondary N) is 2. The SMILES string of the molecule is C[C@]1(C(=O)NCCCOC(N)=O)COc2c1cc(C(O)(CNC(=O)c1cc(OC3CC3)c3ncccc3c1)C(F)(F)F)nc2-c1ccc(F)cc1. The van der Waals surface area contributed by atoms with Crippen LogP contribution in [0.15, 0.2) is 60.8 Å². The van der Waals surface area contributed by atoms with E-state index in [4.69, 9.17) is 15.2 Å². The maximum atomic E-state index is 15.0. The van der Waals surface area contributed by atoms with Crippen LogP contribution in [0.3, 0.4) is 0 Å². The molecule has 1 aliphatic carbocycles. The van der Waals surface area contributed by atoms with E-state index in [0.717, 1.165) is 31.0 Å². The van der Waals surface area contributed by atoms with E-state index in [9.17, 15) is 37.1 Å². The van der Waals surface area contributed by atoms with Crippen LogP contribution in [0.25, 0.3) is 22.2 Å². The molecular formula is C35H33F4N5O7. The molecule has 1 fully saturated rings. The Morgan fingerprint density at radius 2 is 1.84 bits per heavy atom. The van der Waals surface area contributed by atoms with Crippen molar-refractivity contribution in [1.29, 1.82) is 0 Å². The Labute approximate surface area is 288 Å². The minimum Gasteiger partial charge on any atom is -0.489 e. The maximum Gasteiger partial charge on any atom is 0.424 e. The van der Waals surface area contributed by atoms with Gasteiger partial charge in [0, 0.05) is 34.8 Å². The lowest BCUT2D eigenvalue weighted by molar-refractivity contribution is -0.265. The molecule has 4 aromatic rings. The number of amides is 3. The highest BCUT2D eigenvalue weighted by Crippen LogP contribution is 2.48. The summed E-state index contributed by atoms with van der Waals surface area (Å²) in [7, 11) is 0. The molecule has 2 atom stereocenters. The summed E-state index contributed by atoms with van der Waals surface area (Å²) >= 11 is 0. The van der Waals surface area contributed by atoms with E-state index in [-0.39, 0.29) is 60.4 Å². The lowest BCUT2D eigenvalue weighted by atomic mass is 9.81. The number of hydrogen-bond acceptors (Lipinski definition) is 9. The standard InChI is InChI=1S/C35H33F4N5O7/c1-33(31(46)42-12-3-13-49-32(40)47)18-50-29-24(33)16-26(44-28(29)19-5-7-22(36)8-6-19)34(48,35(37,38)39)17-43-30(45)21-14-20-4-2-11-41-27(20)25(15-21)51-23-9-10-23/h2,4-8,11,14-16,23,48H,3,9-10,12-13,17-18H2,1H3,(H2,40,47)(H,42,46)(H,43,45)/t33-,34?/m0/s1. The van der Waals surface area contributed by atoms with Crippen LogP contribution in [0, 0.1) is 5.82 Å². The summed E-state index contributed by atoms with van der Waals surface area (Å²) in [6, 6.07) is 11.8. The van der Waals surface area contributed by atoms with Crippen molar-refractivity contribution in [3.05, 3.63) is 83.4 Å². The van der Waals surface area contributed by atoms with E-state index in [1.54, 1.807) is 18.3 Å². The number of ether oxygens (including phenoxy) is 3. The number of alkyl halides is 3. The first-order chi connectivity index (χ1) is 24.2. The molecule has 16 heteroatoms. The molecular weight excluding hydrogens is 678 g/mol. The summed E-state index contributed by atoms with van der Waals surface area (Å²) in [5, 5.41) is 16.9. The van der Waals surface area contributed by atoms with Crippen LogP contribution in [-0.4, -0.2) is 71.6 Å². The van der Waals surface area contributed by atoms with Crippen molar-refractivity contribution in [3.8, 4) is 22.8 Å². The fourth-order valence-electron chi connectivity index (χ4n) is 5.62. The molecule has 5 N–H and O–H groups in total. The van der Waals surface area contributed by atoms with Gasteiger partial charge in [-0.2, -0.15) is 13.2 Å². The average Bonchev–Trinajstić information content (AvgIpc) is 3.85. The van der Waals surface area contributed by atoms with Gasteiger partial charge in [-0.05, 0) is 74.7 Å². The number of nitrogens with two attached hydrogens (primary N) is 1. The molecule has 3 heterocycles. The van der Waals surface area contributed by atoms with E-state index >= 15 is 0 Å². The van der Waals surface area contributed by atoms with Gasteiger partial charge in [0.1, 0.15) is 40.5 Å². The third-order valence-corrected chi connectivity index (χ3v) is 8.69. The zero-order valence-electron chi connectivity index (χ0n) is 27.2. The van der Waals surface area contributed by atoms with Gasteiger partial charge in [0.25, 0.3) is 5.91 Å². The minimum absolute atomic E-state index is 0.0244. The molecule has 2 aliphatic rings. The van der Waals surface area contributed by atoms with E-state index in [1.165, 1.54) is 31.2 Å². The van der Waals surface area contributed by atoms with Gasteiger partial charge in [0.2, 0.25) is 11.5 Å². The molecule has 268 valence electrons. The van der Waals surface area contributed by atoms with Crippen molar-refractivity contribution in [2.45, 2.75) is 49.5 Å². The van der Waals surface area contributed by atoms with E-state index in [2.05, 4.69) is 25.3 Å². The van der Waals surface area contributed by atoms with Gasteiger partial charge in [-0.15, -0.1) is 0 Å². The quantitative estimate of drug-likeness (QED) is 0.123. The second-order valence-electron chi connectivity index (χ2n) is 12.5. The van der Waals surface area contributed by atoms with Crippen molar-refractivity contribution < 1.29 is 51.3 Å². The van der Waals surface area contributed by atoms with Crippen LogP contribution in [0.2, 0.25) is 0 Å². The third kappa shape index (κ3) is 7.22. The second kappa shape index (κ2) is 13.7. The summed E-state index contributed by atoms with van der Waals surface area (Å²) in [5.41, 5.74) is -0.966. The van der Waals surface area contributed by atoms with Crippen LogP contribution in [0.1, 0.15) is 47.8 Å². The van der Waals surface area contributed by atoms with Gasteiger partial charge in [-0.3, -0.25) is 14.6 Å². The average molecular weight is 712 g/mol. The van der Waals surface area contributed by atoms with E-state index in [1.807, 2.05) is 0 Å². The molecule has 1 unspecified atom stereocenters. The predicted octanol–water partition coefficient (Wildman–Crippen LogP) is 4.41. The zero-order valence-corrected chi connectivity index (χ0v) is 27.2. The van der Waals surface area contributed by atoms with Gasteiger partial charge in [-0.25, -0.2) is 14.2 Å². The molecule has 2 aromatic heterocycles. The number of carbonyl (C=O) groups excluding carboxylic acids is 3. The number of aliphatic hydroxyl groups is 1. The normalized spacial score (nSPS) is 17.9. The number of benzene rings is 2. The Morgan fingerprint density at radius 3 is 2.53 bits per heavy atom. The fourth-order valence-corrected chi connectivity index (χ4v) is 5.62. The Kier molecular flexibility index (Phi) is 9.46. The first-order valence-electron chi connectivity index (χ1n) is 16.0. The first kappa shape index (κ1) is 35.3. The summed E-state index contributed by atoms with van der Waals surface area (Å²) < 4.78 is 75.2. The van der Waals surface area contributed by atoms with Crippen LogP contribution in [0.4, 0.5) is 22.4 Å². The van der Waals surface area contributed by atoms with Crippen molar-refractivity contribution >= 4 is 28.8 Å². The van der Waals surface area contributed by atoms with Crippen molar-refractivity contribution in [1.82, 2.24) is 20.6 Å². The number of primary amides is 1. The zero-order chi connectivity index (χ0) is 36.6. The molecule has 6 rings (SSSR count). The predicted molar refractivity (Wildman–Crippen MR) is 173 cm³/mol. The fraction of sp³-hybridized carbons (Fsp3) is 0.343. The van der Waals surface area contributed by atoms with Crippen LogP contribution in [-0.2, 0) is 20.5 Å². The second-order valence-corrected chi connectivity index (χ2v) is 12.5. The van der Waals surface area contributed by atoms with E-state index < -0.39 is 53.2 Å². The molecule has 1 saturated carbocycles. The minimum atomic E-state index is -5.40. The van der Waals surface area contributed by atoms with Crippen molar-refractivity contribution in [2.75, 3.05) is 26.3 Å². The number of rotatable bonds is 12. The Hall–Kier alpha value is -5.51. The highest BCUT2D eigenvalue weighted by Gasteiger charge is 2.58. The third-order valence-electron chi connectivity index (χ3n) is 8.69. The molecule has 0 radical (unpaired) electrons. The molecule has 3 amide bonds. The molecule has 0 spiro atoms. The number of pyridine rings is 2. The van der Waals surface area contributed by atoms with Gasteiger partial charge in [0.15, 0.2) is 0 Å². The van der Waals surface area contributed by atoms with E-state index in [0.29, 0.717) is 16.7 Å². The lowest BCUT2D eigenvalue weighted by Crippen LogP contribution is -2.52. The maximum absolute atomic E-state index is 15.0. The summed E-state index contributed by atoms with van der Waals surface area (Å²) in [6.45, 7) is -0.295. The summed E-state index contributed by atoms with van der Waals surface area (Å²) in [6.07, 6.45) is -3.07. The number of aromatic nitrogens is 2. The van der Waals surface area contributed by atoms with Crippen LogP contribution < -0.4 is 25.8 Å². The Balaban J connectivity index is 1.35. The topological polar surface area (TPSA) is 175 Å².